The van der Waals surface area contributed by atoms with Crippen molar-refractivity contribution in [3.8, 4) is 0 Å². The van der Waals surface area contributed by atoms with Gasteiger partial charge in [-0.1, -0.05) is 6.07 Å². The maximum atomic E-state index is 11.5. The lowest BCUT2D eigenvalue weighted by Crippen LogP contribution is -2.27. The van der Waals surface area contributed by atoms with Crippen LogP contribution >= 0.6 is 0 Å². The molecule has 2 heterocycles. The van der Waals surface area contributed by atoms with Gasteiger partial charge < -0.3 is 10.6 Å². The average molecular weight is 269 g/mol. The second kappa shape index (κ2) is 5.24. The van der Waals surface area contributed by atoms with E-state index in [0.717, 1.165) is 17.9 Å². The minimum atomic E-state index is -2.87. The Bertz CT molecular complexity index is 497. The highest BCUT2D eigenvalue weighted by Crippen LogP contribution is 2.17. The molecule has 18 heavy (non-hydrogen) atoms. The van der Waals surface area contributed by atoms with Crippen LogP contribution in [0.1, 0.15) is 24.9 Å². The topological polar surface area (TPSA) is 76.3 Å². The SMILES string of the molecule is C[C@H](N)c1ccc(N2CCCS(=O)(=O)CC2)nc1. The number of anilines is 1. The fourth-order valence-electron chi connectivity index (χ4n) is 2.02. The number of aromatic nitrogens is 1. The number of hydrogen-bond donors (Lipinski definition) is 1. The van der Waals surface area contributed by atoms with Crippen LogP contribution in [0.5, 0.6) is 0 Å². The predicted octanol–water partition coefficient (Wildman–Crippen LogP) is 0.726. The smallest absolute Gasteiger partial charge is 0.152 e. The molecule has 0 amide bonds. The van der Waals surface area contributed by atoms with Gasteiger partial charge in [-0.3, -0.25) is 0 Å². The molecule has 1 aromatic heterocycles. The van der Waals surface area contributed by atoms with Gasteiger partial charge in [-0.25, -0.2) is 13.4 Å². The minimum absolute atomic E-state index is 0.0314. The molecule has 0 radical (unpaired) electrons. The molecule has 0 saturated carbocycles. The van der Waals surface area contributed by atoms with E-state index >= 15 is 0 Å². The van der Waals surface area contributed by atoms with Gasteiger partial charge in [-0.2, -0.15) is 0 Å². The van der Waals surface area contributed by atoms with Crippen LogP contribution < -0.4 is 10.6 Å². The maximum Gasteiger partial charge on any atom is 0.152 e. The molecule has 0 aliphatic carbocycles. The Labute approximate surface area is 108 Å². The Morgan fingerprint density at radius 2 is 2.11 bits per heavy atom. The standard InChI is InChI=1S/C12H19N3O2S/c1-10(13)11-3-4-12(14-9-11)15-5-2-7-18(16,17)8-6-15/h3-4,9-10H,2,5-8,13H2,1H3/t10-/m0/s1. The first-order chi connectivity index (χ1) is 8.48. The van der Waals surface area contributed by atoms with Crippen LogP contribution in [0.2, 0.25) is 0 Å². The van der Waals surface area contributed by atoms with E-state index in [1.807, 2.05) is 24.0 Å². The van der Waals surface area contributed by atoms with Crippen molar-refractivity contribution in [3.63, 3.8) is 0 Å². The third kappa shape index (κ3) is 3.20. The molecule has 0 aromatic carbocycles. The zero-order chi connectivity index (χ0) is 13.2. The van der Waals surface area contributed by atoms with Crippen molar-refractivity contribution >= 4 is 15.7 Å². The minimum Gasteiger partial charge on any atom is -0.356 e. The van der Waals surface area contributed by atoms with Crippen LogP contribution in [0.3, 0.4) is 0 Å². The lowest BCUT2D eigenvalue weighted by atomic mass is 10.1. The van der Waals surface area contributed by atoms with Gasteiger partial charge in [-0.15, -0.1) is 0 Å². The highest BCUT2D eigenvalue weighted by atomic mass is 32.2. The van der Waals surface area contributed by atoms with Crippen molar-refractivity contribution in [3.05, 3.63) is 23.9 Å². The quantitative estimate of drug-likeness (QED) is 0.856. The second-order valence-corrected chi connectivity index (χ2v) is 7.03. The van der Waals surface area contributed by atoms with E-state index in [4.69, 9.17) is 5.73 Å². The fraction of sp³-hybridized carbons (Fsp3) is 0.583. The molecule has 0 spiro atoms. The largest absolute Gasteiger partial charge is 0.356 e. The van der Waals surface area contributed by atoms with Crippen molar-refractivity contribution < 1.29 is 8.42 Å². The summed E-state index contributed by atoms with van der Waals surface area (Å²) in [6.07, 6.45) is 2.43. The van der Waals surface area contributed by atoms with Crippen molar-refractivity contribution in [2.75, 3.05) is 29.5 Å². The second-order valence-electron chi connectivity index (χ2n) is 4.73. The van der Waals surface area contributed by atoms with Crippen molar-refractivity contribution in [1.29, 1.82) is 0 Å². The lowest BCUT2D eigenvalue weighted by Gasteiger charge is -2.21. The molecule has 5 nitrogen and oxygen atoms in total. The zero-order valence-corrected chi connectivity index (χ0v) is 11.4. The van der Waals surface area contributed by atoms with E-state index in [2.05, 4.69) is 4.98 Å². The maximum absolute atomic E-state index is 11.5. The summed E-state index contributed by atoms with van der Waals surface area (Å²) in [5.74, 6) is 1.32. The first-order valence-corrected chi connectivity index (χ1v) is 7.97. The normalized spacial score (nSPS) is 21.3. The summed E-state index contributed by atoms with van der Waals surface area (Å²) in [5, 5.41) is 0. The van der Waals surface area contributed by atoms with Crippen LogP contribution in [-0.2, 0) is 9.84 Å². The molecule has 0 unspecified atom stereocenters. The average Bonchev–Trinajstić information content (AvgIpc) is 2.50. The van der Waals surface area contributed by atoms with Gasteiger partial charge in [0.2, 0.25) is 0 Å². The number of nitrogens with two attached hydrogens (primary N) is 1. The van der Waals surface area contributed by atoms with E-state index in [9.17, 15) is 8.42 Å². The highest BCUT2D eigenvalue weighted by molar-refractivity contribution is 7.91. The monoisotopic (exact) mass is 269 g/mol. The molecule has 0 bridgehead atoms. The number of nitrogens with zero attached hydrogens (tertiary/aromatic N) is 2. The van der Waals surface area contributed by atoms with Gasteiger partial charge in [0.15, 0.2) is 9.84 Å². The highest BCUT2D eigenvalue weighted by Gasteiger charge is 2.19. The van der Waals surface area contributed by atoms with E-state index < -0.39 is 9.84 Å². The van der Waals surface area contributed by atoms with Crippen LogP contribution in [0.25, 0.3) is 0 Å². The van der Waals surface area contributed by atoms with Crippen LogP contribution in [0.15, 0.2) is 18.3 Å². The molecule has 1 fully saturated rings. The Morgan fingerprint density at radius 1 is 1.33 bits per heavy atom. The molecule has 2 rings (SSSR count). The van der Waals surface area contributed by atoms with Gasteiger partial charge in [0.25, 0.3) is 0 Å². The van der Waals surface area contributed by atoms with Gasteiger partial charge in [-0.05, 0) is 25.0 Å². The molecular formula is C12H19N3O2S. The van der Waals surface area contributed by atoms with Crippen molar-refractivity contribution in [2.45, 2.75) is 19.4 Å². The molecule has 2 N–H and O–H groups in total. The first-order valence-electron chi connectivity index (χ1n) is 6.15. The van der Waals surface area contributed by atoms with Crippen LogP contribution in [0.4, 0.5) is 5.82 Å². The molecule has 1 saturated heterocycles. The molecule has 6 heteroatoms. The third-order valence-corrected chi connectivity index (χ3v) is 4.89. The summed E-state index contributed by atoms with van der Waals surface area (Å²) in [5.41, 5.74) is 6.76. The molecule has 100 valence electrons. The summed E-state index contributed by atoms with van der Waals surface area (Å²) >= 11 is 0. The summed E-state index contributed by atoms with van der Waals surface area (Å²) < 4.78 is 23.1. The predicted molar refractivity (Wildman–Crippen MR) is 72.3 cm³/mol. The van der Waals surface area contributed by atoms with Crippen molar-refractivity contribution in [2.24, 2.45) is 5.73 Å². The lowest BCUT2D eigenvalue weighted by molar-refractivity contribution is 0.597. The fourth-order valence-corrected chi connectivity index (χ4v) is 3.29. The van der Waals surface area contributed by atoms with Crippen LogP contribution in [-0.4, -0.2) is 38.0 Å². The van der Waals surface area contributed by atoms with Gasteiger partial charge in [0.1, 0.15) is 5.82 Å². The summed E-state index contributed by atoms with van der Waals surface area (Å²) in [4.78, 5) is 6.39. The summed E-state index contributed by atoms with van der Waals surface area (Å²) in [6.45, 7) is 3.17. The molecule has 1 atom stereocenters. The molecular weight excluding hydrogens is 250 g/mol. The Balaban J connectivity index is 2.12. The third-order valence-electron chi connectivity index (χ3n) is 3.18. The van der Waals surface area contributed by atoms with E-state index in [0.29, 0.717) is 13.0 Å². The van der Waals surface area contributed by atoms with Crippen molar-refractivity contribution in [1.82, 2.24) is 4.98 Å². The van der Waals surface area contributed by atoms with Gasteiger partial charge in [0.05, 0.1) is 11.5 Å². The van der Waals surface area contributed by atoms with Gasteiger partial charge >= 0.3 is 0 Å². The molecule has 1 aromatic rings. The summed E-state index contributed by atoms with van der Waals surface area (Å²) in [7, 11) is -2.87. The molecule has 1 aliphatic rings. The van der Waals surface area contributed by atoms with Crippen LogP contribution in [0, 0.1) is 0 Å². The van der Waals surface area contributed by atoms with E-state index in [1.54, 1.807) is 6.20 Å². The Morgan fingerprint density at radius 3 is 2.72 bits per heavy atom. The zero-order valence-electron chi connectivity index (χ0n) is 10.5. The van der Waals surface area contributed by atoms with E-state index in [1.165, 1.54) is 0 Å². The number of hydrogen-bond acceptors (Lipinski definition) is 5. The number of pyridine rings is 1. The van der Waals surface area contributed by atoms with Gasteiger partial charge in [0, 0.05) is 25.3 Å². The Hall–Kier alpha value is -1.14. The first kappa shape index (κ1) is 13.3. The molecule has 1 aliphatic heterocycles. The Kier molecular flexibility index (Phi) is 3.87. The summed E-state index contributed by atoms with van der Waals surface area (Å²) in [6, 6.07) is 3.83. The number of sulfone groups is 1. The van der Waals surface area contributed by atoms with E-state index in [-0.39, 0.29) is 17.5 Å². The number of rotatable bonds is 2.